The van der Waals surface area contributed by atoms with E-state index in [2.05, 4.69) is 19.7 Å². The van der Waals surface area contributed by atoms with Crippen LogP contribution >= 0.6 is 10.5 Å². The Morgan fingerprint density at radius 2 is 0.971 bits per heavy atom. The molecule has 0 unspecified atom stereocenters. The number of carbonyl (C=O) groups is 3. The monoisotopic (exact) mass is 471 g/mol. The lowest BCUT2D eigenvalue weighted by Gasteiger charge is -2.01. The fraction of sp³-hybridized carbons (Fsp3) is 0. The van der Waals surface area contributed by atoms with Gasteiger partial charge in [0.25, 0.3) is 0 Å². The predicted octanol–water partition coefficient (Wildman–Crippen LogP) is 6.01. The summed E-state index contributed by atoms with van der Waals surface area (Å²) in [5.41, 5.74) is 0. The number of thiophene rings is 1. The highest BCUT2D eigenvalue weighted by atomic mass is 32.2. The topological polar surface area (TPSA) is 78.9 Å². The zero-order valence-corrected chi connectivity index (χ0v) is 18.8. The molecule has 0 amide bonds. The summed E-state index contributed by atoms with van der Waals surface area (Å²) in [4.78, 5) is 35.9. The Bertz CT molecular complexity index is 1400. The van der Waals surface area contributed by atoms with Crippen molar-refractivity contribution >= 4 is 48.6 Å². The molecule has 3 aromatic carbocycles. The van der Waals surface area contributed by atoms with Crippen LogP contribution in [0.2, 0.25) is 0 Å². The molecule has 4 rings (SSSR count). The van der Waals surface area contributed by atoms with Gasteiger partial charge in [-0.1, -0.05) is 19.7 Å². The van der Waals surface area contributed by atoms with E-state index < -0.39 is 28.4 Å². The molecular formula is C27H19O6S+. The van der Waals surface area contributed by atoms with Crippen molar-refractivity contribution < 1.29 is 28.6 Å². The van der Waals surface area contributed by atoms with Crippen LogP contribution in [-0.4, -0.2) is 17.9 Å². The third-order valence-electron chi connectivity index (χ3n) is 4.85. The number of rotatable bonds is 7. The highest BCUT2D eigenvalue weighted by Gasteiger charge is 2.25. The van der Waals surface area contributed by atoms with E-state index in [-0.39, 0.29) is 0 Å². The minimum atomic E-state index is -0.560. The predicted molar refractivity (Wildman–Crippen MR) is 133 cm³/mol. The van der Waals surface area contributed by atoms with Gasteiger partial charge in [-0.3, -0.25) is 0 Å². The second-order valence-electron chi connectivity index (χ2n) is 6.97. The first kappa shape index (κ1) is 22.7. The van der Waals surface area contributed by atoms with Crippen molar-refractivity contribution in [3.05, 3.63) is 98.6 Å². The van der Waals surface area contributed by atoms with E-state index in [0.29, 0.717) is 17.2 Å². The minimum Gasteiger partial charge on any atom is -0.423 e. The number of fused-ring (bicyclic) bond motifs is 3. The number of benzene rings is 3. The van der Waals surface area contributed by atoms with Crippen LogP contribution in [0.1, 0.15) is 0 Å². The SMILES string of the molecule is C=CC(=O)Oc1ccc(-[s+]2c3ccc(OC(=O)C=C)cc3c3cc(OC(=O)C=C)ccc32)cc1. The van der Waals surface area contributed by atoms with Crippen LogP contribution in [0, 0.1) is 0 Å². The fourth-order valence-corrected chi connectivity index (χ4v) is 5.75. The number of esters is 3. The highest BCUT2D eigenvalue weighted by Crippen LogP contribution is 2.50. The van der Waals surface area contributed by atoms with Crippen LogP contribution in [0.15, 0.2) is 98.6 Å². The summed E-state index contributed by atoms with van der Waals surface area (Å²) in [5, 5.41) is 1.71. The van der Waals surface area contributed by atoms with Gasteiger partial charge in [-0.05, 0) is 36.4 Å². The van der Waals surface area contributed by atoms with Gasteiger partial charge in [0, 0.05) is 53.0 Å². The zero-order valence-electron chi connectivity index (χ0n) is 18.0. The molecule has 1 heterocycles. The Kier molecular flexibility index (Phi) is 6.38. The van der Waals surface area contributed by atoms with Gasteiger partial charge in [-0.15, -0.1) is 0 Å². The molecule has 6 nitrogen and oxygen atoms in total. The number of ether oxygens (including phenoxy) is 3. The van der Waals surface area contributed by atoms with E-state index in [1.165, 1.54) is 0 Å². The van der Waals surface area contributed by atoms with Crippen molar-refractivity contribution in [2.45, 2.75) is 0 Å². The van der Waals surface area contributed by atoms with Crippen LogP contribution in [0.5, 0.6) is 17.2 Å². The van der Waals surface area contributed by atoms with Crippen molar-refractivity contribution in [2.24, 2.45) is 0 Å². The second-order valence-corrected chi connectivity index (χ2v) is 8.93. The maximum atomic E-state index is 11.7. The van der Waals surface area contributed by atoms with E-state index in [0.717, 1.165) is 43.3 Å². The smallest absolute Gasteiger partial charge is 0.335 e. The highest BCUT2D eigenvalue weighted by molar-refractivity contribution is 7.50. The average Bonchev–Trinajstić information content (AvgIpc) is 3.17. The summed E-state index contributed by atoms with van der Waals surface area (Å²) in [6, 6.07) is 18.1. The molecule has 0 atom stereocenters. The first-order chi connectivity index (χ1) is 16.4. The second kappa shape index (κ2) is 9.56. The lowest BCUT2D eigenvalue weighted by atomic mass is 10.1. The largest absolute Gasteiger partial charge is 0.423 e. The molecule has 168 valence electrons. The van der Waals surface area contributed by atoms with Gasteiger partial charge in [0.05, 0.1) is 10.8 Å². The molecule has 0 N–H and O–H groups in total. The van der Waals surface area contributed by atoms with Gasteiger partial charge in [0.2, 0.25) is 0 Å². The summed E-state index contributed by atoms with van der Waals surface area (Å²) in [5.74, 6) is -0.489. The van der Waals surface area contributed by atoms with Crippen LogP contribution in [-0.2, 0) is 14.4 Å². The molecule has 0 aliphatic carbocycles. The van der Waals surface area contributed by atoms with E-state index in [9.17, 15) is 14.4 Å². The normalized spacial score (nSPS) is 10.5. The molecule has 0 saturated heterocycles. The molecule has 34 heavy (non-hydrogen) atoms. The summed E-state index contributed by atoms with van der Waals surface area (Å²) < 4.78 is 17.8. The van der Waals surface area contributed by atoms with E-state index >= 15 is 0 Å². The quantitative estimate of drug-likeness (QED) is 0.142. The molecule has 0 bridgehead atoms. The van der Waals surface area contributed by atoms with Crippen molar-refractivity contribution in [1.82, 2.24) is 0 Å². The van der Waals surface area contributed by atoms with Crippen molar-refractivity contribution in [3.8, 4) is 22.1 Å². The average molecular weight is 472 g/mol. The Balaban J connectivity index is 1.89. The van der Waals surface area contributed by atoms with Crippen LogP contribution in [0.4, 0.5) is 0 Å². The maximum absolute atomic E-state index is 11.7. The maximum Gasteiger partial charge on any atom is 0.335 e. The number of hydrogen-bond donors (Lipinski definition) is 0. The van der Waals surface area contributed by atoms with Gasteiger partial charge in [-0.2, -0.15) is 0 Å². The van der Waals surface area contributed by atoms with Gasteiger partial charge < -0.3 is 14.2 Å². The molecule has 0 spiro atoms. The first-order valence-corrected chi connectivity index (χ1v) is 11.3. The van der Waals surface area contributed by atoms with Crippen molar-refractivity contribution in [1.29, 1.82) is 0 Å². The summed E-state index contributed by atoms with van der Waals surface area (Å²) in [7, 11) is -0.491. The zero-order chi connectivity index (χ0) is 24.2. The molecule has 0 fully saturated rings. The Labute approximate surface area is 198 Å². The Hall–Kier alpha value is -4.49. The summed E-state index contributed by atoms with van der Waals surface area (Å²) in [6.07, 6.45) is 3.30. The van der Waals surface area contributed by atoms with Crippen molar-refractivity contribution in [2.75, 3.05) is 0 Å². The lowest BCUT2D eigenvalue weighted by molar-refractivity contribution is -0.129. The molecule has 0 aliphatic rings. The third-order valence-corrected chi connectivity index (χ3v) is 7.18. The van der Waals surface area contributed by atoms with Crippen LogP contribution in [0.25, 0.3) is 25.1 Å². The van der Waals surface area contributed by atoms with Crippen LogP contribution in [0.3, 0.4) is 0 Å². The lowest BCUT2D eigenvalue weighted by Crippen LogP contribution is -2.02. The van der Waals surface area contributed by atoms with Gasteiger partial charge >= 0.3 is 17.9 Å². The molecule has 0 radical (unpaired) electrons. The number of carbonyl (C=O) groups excluding carboxylic acids is 3. The Morgan fingerprint density at radius 3 is 1.38 bits per heavy atom. The molecule has 7 heteroatoms. The Morgan fingerprint density at radius 1 is 0.588 bits per heavy atom. The molecule has 1 aromatic heterocycles. The third kappa shape index (κ3) is 4.51. The summed E-state index contributed by atoms with van der Waals surface area (Å²) in [6.45, 7) is 10.3. The van der Waals surface area contributed by atoms with Gasteiger partial charge in [-0.25, -0.2) is 14.4 Å². The van der Waals surface area contributed by atoms with Crippen LogP contribution < -0.4 is 14.2 Å². The fourth-order valence-electron chi connectivity index (χ4n) is 3.41. The van der Waals surface area contributed by atoms with E-state index in [4.69, 9.17) is 14.2 Å². The molecule has 0 aliphatic heterocycles. The van der Waals surface area contributed by atoms with Gasteiger partial charge in [0.1, 0.15) is 17.2 Å². The van der Waals surface area contributed by atoms with Crippen molar-refractivity contribution in [3.63, 3.8) is 0 Å². The van der Waals surface area contributed by atoms with E-state index in [1.807, 2.05) is 24.3 Å². The molecular weight excluding hydrogens is 452 g/mol. The number of hydrogen-bond acceptors (Lipinski definition) is 6. The standard InChI is InChI=1S/C27H19O6S/c1-4-25(28)31-17-7-11-20(12-8-17)34-23-13-9-18(32-26(29)5-2)15-21(23)22-16-19(10-14-24(22)34)33-27(30)6-3/h4-16H,1-3H2/q+1. The van der Waals surface area contributed by atoms with E-state index in [1.54, 1.807) is 36.4 Å². The minimum absolute atomic E-state index is 0.375. The molecule has 4 aromatic rings. The first-order valence-electron chi connectivity index (χ1n) is 10.1. The molecule has 0 saturated carbocycles. The summed E-state index contributed by atoms with van der Waals surface area (Å²) >= 11 is 0. The van der Waals surface area contributed by atoms with Gasteiger partial charge in [0.15, 0.2) is 14.3 Å².